The number of urea groups is 1. The van der Waals surface area contributed by atoms with E-state index < -0.39 is 11.9 Å². The van der Waals surface area contributed by atoms with Crippen molar-refractivity contribution in [1.29, 1.82) is 0 Å². The molecule has 5 aliphatic heterocycles. The fraction of sp³-hybridized carbons (Fsp3) is 0.488. The van der Waals surface area contributed by atoms with E-state index in [9.17, 15) is 24.3 Å². The first-order chi connectivity index (χ1) is 27.6. The molecule has 9 rings (SSSR count). The lowest BCUT2D eigenvalue weighted by Gasteiger charge is -2.50. The third-order valence-electron chi connectivity index (χ3n) is 12.5. The van der Waals surface area contributed by atoms with Gasteiger partial charge in [0.25, 0.3) is 5.56 Å². The number of piperidine rings is 2. The smallest absolute Gasteiger partial charge is 0.320 e. The van der Waals surface area contributed by atoms with Gasteiger partial charge in [0.05, 0.1) is 34.7 Å². The maximum Gasteiger partial charge on any atom is 0.320 e. The third kappa shape index (κ3) is 7.00. The third-order valence-corrected chi connectivity index (χ3v) is 12.5. The van der Waals surface area contributed by atoms with Crippen LogP contribution in [0.2, 0.25) is 0 Å². The molecule has 1 unspecified atom stereocenters. The molecule has 4 atom stereocenters. The zero-order valence-electron chi connectivity index (χ0n) is 32.4. The monoisotopic (exact) mass is 775 g/mol. The Morgan fingerprint density at radius 3 is 2.47 bits per heavy atom. The predicted molar refractivity (Wildman–Crippen MR) is 215 cm³/mol. The van der Waals surface area contributed by atoms with Gasteiger partial charge in [-0.3, -0.25) is 29.2 Å². The van der Waals surface area contributed by atoms with Gasteiger partial charge < -0.3 is 30.0 Å². The van der Waals surface area contributed by atoms with Crippen molar-refractivity contribution < 1.29 is 19.5 Å². The van der Waals surface area contributed by atoms with Crippen molar-refractivity contribution in [3.63, 3.8) is 0 Å². The first-order valence-corrected chi connectivity index (χ1v) is 20.2. The Hall–Kier alpha value is -5.77. The molecule has 2 aromatic heterocycles. The summed E-state index contributed by atoms with van der Waals surface area (Å²) in [6, 6.07) is 14.5. The van der Waals surface area contributed by atoms with Crippen LogP contribution in [0.3, 0.4) is 0 Å². The van der Waals surface area contributed by atoms with Crippen molar-refractivity contribution in [2.24, 2.45) is 5.92 Å². The van der Waals surface area contributed by atoms with Crippen LogP contribution in [0.1, 0.15) is 45.6 Å². The van der Waals surface area contributed by atoms with Gasteiger partial charge in [0.2, 0.25) is 11.8 Å². The van der Waals surface area contributed by atoms with Crippen LogP contribution in [0, 0.1) is 5.92 Å². The summed E-state index contributed by atoms with van der Waals surface area (Å²) in [7, 11) is 0. The highest BCUT2D eigenvalue weighted by molar-refractivity contribution is 5.99. The number of nitrogens with zero attached hydrogens (tertiary/aromatic N) is 9. The average molecular weight is 776 g/mol. The fourth-order valence-corrected chi connectivity index (χ4v) is 9.63. The molecule has 0 radical (unpaired) electrons. The number of hydrogen-bond donors (Lipinski definition) is 3. The average Bonchev–Trinajstić information content (AvgIpc) is 3.21. The molecule has 16 heteroatoms. The minimum Gasteiger partial charge on any atom is -0.507 e. The number of nitrogens with one attached hydrogen (secondary N) is 2. The zero-order chi connectivity index (χ0) is 39.4. The summed E-state index contributed by atoms with van der Waals surface area (Å²) in [6.45, 7) is 11.3. The molecule has 3 N–H and O–H groups in total. The first kappa shape index (κ1) is 36.8. The molecule has 0 spiro atoms. The summed E-state index contributed by atoms with van der Waals surface area (Å²) in [5, 5.41) is 25.4. The summed E-state index contributed by atoms with van der Waals surface area (Å²) in [5.74, 6) is 0.627. The van der Waals surface area contributed by atoms with Gasteiger partial charge in [-0.1, -0.05) is 12.1 Å². The molecule has 4 amide bonds. The number of phenolic OH excluding ortho intramolecular Hbond substituents is 1. The number of amides is 4. The maximum atomic E-state index is 14.2. The number of carbonyl (C=O) groups excluding carboxylic acids is 3. The van der Waals surface area contributed by atoms with Crippen LogP contribution in [-0.4, -0.2) is 134 Å². The van der Waals surface area contributed by atoms with Crippen molar-refractivity contribution in [3.05, 3.63) is 65.2 Å². The number of carbonyl (C=O) groups is 3. The van der Waals surface area contributed by atoms with E-state index in [-0.39, 0.29) is 54.2 Å². The normalized spacial score (nSPS) is 24.5. The van der Waals surface area contributed by atoms with Crippen molar-refractivity contribution >= 4 is 45.9 Å². The SMILES string of the molecule is C[C@@H]1CN(CC2CCN(c3ccc4ncn(C5CCC(=O)NC5=O)c(=O)c4c3)CC2)C[C@H](C)N1C(=O)N1CCN2c3cc(-c4ccccc4O)nnc3NC[C@H]2C1. The quantitative estimate of drug-likeness (QED) is 0.254. The van der Waals surface area contributed by atoms with E-state index in [1.165, 1.54) is 10.9 Å². The lowest BCUT2D eigenvalue weighted by molar-refractivity contribution is -0.135. The highest BCUT2D eigenvalue weighted by atomic mass is 16.3. The Kier molecular flexibility index (Phi) is 9.67. The van der Waals surface area contributed by atoms with Gasteiger partial charge in [-0.25, -0.2) is 9.78 Å². The Morgan fingerprint density at radius 2 is 1.70 bits per heavy atom. The number of aromatic nitrogens is 4. The maximum absolute atomic E-state index is 14.2. The molecule has 0 saturated carbocycles. The van der Waals surface area contributed by atoms with E-state index in [1.807, 2.05) is 41.3 Å². The van der Waals surface area contributed by atoms with Crippen LogP contribution in [-0.2, 0) is 9.59 Å². The Labute approximate surface area is 330 Å². The van der Waals surface area contributed by atoms with Crippen LogP contribution >= 0.6 is 0 Å². The van der Waals surface area contributed by atoms with Gasteiger partial charge >= 0.3 is 6.03 Å². The molecule has 2 aromatic carbocycles. The van der Waals surface area contributed by atoms with Crippen molar-refractivity contribution in [3.8, 4) is 17.0 Å². The van der Waals surface area contributed by atoms with Gasteiger partial charge in [-0.05, 0) is 75.4 Å². The number of para-hydroxylation sites is 1. The molecule has 4 fully saturated rings. The number of phenols is 1. The number of piperazine rings is 2. The van der Waals surface area contributed by atoms with Gasteiger partial charge in [0.15, 0.2) is 5.82 Å². The zero-order valence-corrected chi connectivity index (χ0v) is 32.4. The molecule has 298 valence electrons. The van der Waals surface area contributed by atoms with Crippen molar-refractivity contribution in [2.75, 3.05) is 74.0 Å². The molecule has 5 aliphatic rings. The minimum atomic E-state index is -0.746. The van der Waals surface area contributed by atoms with E-state index in [1.54, 1.807) is 12.1 Å². The molecule has 4 saturated heterocycles. The van der Waals surface area contributed by atoms with E-state index in [4.69, 9.17) is 0 Å². The van der Waals surface area contributed by atoms with E-state index in [2.05, 4.69) is 59.3 Å². The van der Waals surface area contributed by atoms with Crippen LogP contribution < -0.4 is 26.0 Å². The standard InChI is InChI=1S/C41H49N11O5/c1-25-20-47(22-27-11-13-48(14-12-27)28-7-8-32-31(17-28)40(56)51(24-43-32)34-9-10-37(54)44-39(34)55)21-26(2)52(25)41(57)49-15-16-50-29(23-49)19-42-38-35(50)18-33(45-46-38)30-5-3-4-6-36(30)53/h3-8,17-18,24-27,29,34,53H,9-16,19-23H2,1-2H3,(H,42,46)(H,44,54,55)/t25-,26+,29-,34?/m0/s1. The predicted octanol–water partition coefficient (Wildman–Crippen LogP) is 2.88. The van der Waals surface area contributed by atoms with E-state index in [0.717, 1.165) is 62.8 Å². The Morgan fingerprint density at radius 1 is 0.912 bits per heavy atom. The fourth-order valence-electron chi connectivity index (χ4n) is 9.63. The second-order valence-corrected chi connectivity index (χ2v) is 16.3. The summed E-state index contributed by atoms with van der Waals surface area (Å²) in [6.07, 6.45) is 3.93. The topological polar surface area (TPSA) is 172 Å². The Balaban J connectivity index is 0.789. The summed E-state index contributed by atoms with van der Waals surface area (Å²) in [5.41, 5.74) is 3.47. The second-order valence-electron chi connectivity index (χ2n) is 16.3. The number of imide groups is 1. The lowest BCUT2D eigenvalue weighted by Crippen LogP contribution is -2.65. The van der Waals surface area contributed by atoms with Crippen molar-refractivity contribution in [1.82, 2.24) is 39.8 Å². The molecule has 0 aliphatic carbocycles. The van der Waals surface area contributed by atoms with Gasteiger partial charge in [0, 0.05) is 88.7 Å². The number of benzene rings is 2. The molecule has 57 heavy (non-hydrogen) atoms. The number of rotatable bonds is 5. The highest BCUT2D eigenvalue weighted by Gasteiger charge is 2.40. The first-order valence-electron chi connectivity index (χ1n) is 20.2. The molecule has 7 heterocycles. The molecular weight excluding hydrogens is 727 g/mol. The van der Waals surface area contributed by atoms with Crippen LogP contribution in [0.5, 0.6) is 5.75 Å². The molecule has 4 aromatic rings. The largest absolute Gasteiger partial charge is 0.507 e. The number of fused-ring (bicyclic) bond motifs is 4. The second kappa shape index (κ2) is 15.0. The molecular formula is C41H49N11O5. The summed E-state index contributed by atoms with van der Waals surface area (Å²) in [4.78, 5) is 67.5. The van der Waals surface area contributed by atoms with E-state index >= 15 is 0 Å². The minimum absolute atomic E-state index is 0.0800. The van der Waals surface area contributed by atoms with E-state index in [0.29, 0.717) is 54.3 Å². The van der Waals surface area contributed by atoms with Gasteiger partial charge in [-0.2, -0.15) is 0 Å². The number of anilines is 3. The van der Waals surface area contributed by atoms with Crippen LogP contribution in [0.4, 0.5) is 22.0 Å². The Bertz CT molecular complexity index is 2260. The van der Waals surface area contributed by atoms with Gasteiger partial charge in [0.1, 0.15) is 11.8 Å². The summed E-state index contributed by atoms with van der Waals surface area (Å²) >= 11 is 0. The van der Waals surface area contributed by atoms with Crippen LogP contribution in [0.25, 0.3) is 22.2 Å². The molecule has 16 nitrogen and oxygen atoms in total. The molecule has 0 bridgehead atoms. The van der Waals surface area contributed by atoms with Gasteiger partial charge in [-0.15, -0.1) is 10.2 Å². The number of aromatic hydroxyl groups is 1. The van der Waals surface area contributed by atoms with Crippen molar-refractivity contribution in [2.45, 2.75) is 63.7 Å². The highest BCUT2D eigenvalue weighted by Crippen LogP contribution is 2.36. The number of hydrogen-bond acceptors (Lipinski definition) is 12. The summed E-state index contributed by atoms with van der Waals surface area (Å²) < 4.78 is 1.36. The van der Waals surface area contributed by atoms with Crippen LogP contribution in [0.15, 0.2) is 59.7 Å². The lowest BCUT2D eigenvalue weighted by atomic mass is 9.94.